The van der Waals surface area contributed by atoms with E-state index >= 15 is 0 Å². The first kappa shape index (κ1) is 8.99. The van der Waals surface area contributed by atoms with E-state index in [1.807, 2.05) is 6.07 Å². The number of aromatic nitrogens is 1. The molecule has 4 heteroatoms. The third-order valence-electron chi connectivity index (χ3n) is 2.63. The number of methoxy groups -OCH3 is 1. The number of carbonyl (C=O) groups excluding carboxylic acids is 1. The Morgan fingerprint density at radius 1 is 1.71 bits per heavy atom. The number of nitrogens with zero attached hydrogens (tertiary/aromatic N) is 1. The van der Waals surface area contributed by atoms with Crippen molar-refractivity contribution in [3.8, 4) is 0 Å². The largest absolute Gasteiger partial charge is 0.618 e. The van der Waals surface area contributed by atoms with Crippen LogP contribution in [0.25, 0.3) is 0 Å². The van der Waals surface area contributed by atoms with E-state index in [4.69, 9.17) is 0 Å². The number of pyridine rings is 1. The standard InChI is InChI=1S/C10H11NO3/c1-14-10(12)8-4-5-9-7(8)3-2-6-11(9)13/h2-3,6,8H,4-5H2,1H3. The number of hydrogen-bond donors (Lipinski definition) is 0. The first-order valence-corrected chi connectivity index (χ1v) is 4.53. The Bertz CT molecular complexity index is 376. The van der Waals surface area contributed by atoms with Crippen LogP contribution >= 0.6 is 0 Å². The van der Waals surface area contributed by atoms with E-state index in [1.165, 1.54) is 13.3 Å². The minimum Gasteiger partial charge on any atom is -0.618 e. The van der Waals surface area contributed by atoms with Crippen LogP contribution in [-0.4, -0.2) is 13.1 Å². The maximum Gasteiger partial charge on any atom is 0.313 e. The predicted molar refractivity (Wildman–Crippen MR) is 48.5 cm³/mol. The van der Waals surface area contributed by atoms with Crippen molar-refractivity contribution in [1.82, 2.24) is 0 Å². The van der Waals surface area contributed by atoms with Crippen LogP contribution in [0.15, 0.2) is 18.3 Å². The number of carbonyl (C=O) groups is 1. The summed E-state index contributed by atoms with van der Waals surface area (Å²) in [5, 5.41) is 11.3. The molecule has 1 aromatic heterocycles. The molecule has 0 aliphatic heterocycles. The molecule has 0 saturated heterocycles. The van der Waals surface area contributed by atoms with Gasteiger partial charge < -0.3 is 9.94 Å². The van der Waals surface area contributed by atoms with Crippen molar-refractivity contribution >= 4 is 5.97 Å². The zero-order valence-electron chi connectivity index (χ0n) is 7.90. The lowest BCUT2D eigenvalue weighted by atomic mass is 10.0. The molecule has 1 aromatic rings. The summed E-state index contributed by atoms with van der Waals surface area (Å²) < 4.78 is 5.51. The first-order valence-electron chi connectivity index (χ1n) is 4.53. The molecule has 4 nitrogen and oxygen atoms in total. The van der Waals surface area contributed by atoms with Gasteiger partial charge in [0.15, 0.2) is 11.9 Å². The van der Waals surface area contributed by atoms with Gasteiger partial charge in [0.1, 0.15) is 0 Å². The summed E-state index contributed by atoms with van der Waals surface area (Å²) in [7, 11) is 1.37. The Balaban J connectivity index is 2.40. The van der Waals surface area contributed by atoms with Crippen molar-refractivity contribution in [3.05, 3.63) is 34.8 Å². The SMILES string of the molecule is COC(=O)C1CCc2c1ccc[n+]2[O-]. The number of rotatable bonds is 1. The average Bonchev–Trinajstić information content (AvgIpc) is 2.62. The molecule has 0 fully saturated rings. The van der Waals surface area contributed by atoms with Crippen molar-refractivity contribution in [2.24, 2.45) is 0 Å². The number of fused-ring (bicyclic) bond motifs is 1. The topological polar surface area (TPSA) is 53.2 Å². The van der Waals surface area contributed by atoms with E-state index in [-0.39, 0.29) is 11.9 Å². The second kappa shape index (κ2) is 3.29. The molecular weight excluding hydrogens is 182 g/mol. The van der Waals surface area contributed by atoms with Crippen molar-refractivity contribution in [2.45, 2.75) is 18.8 Å². The van der Waals surface area contributed by atoms with Crippen molar-refractivity contribution in [2.75, 3.05) is 7.11 Å². The van der Waals surface area contributed by atoms with E-state index in [0.717, 1.165) is 10.3 Å². The first-order chi connectivity index (χ1) is 6.74. The van der Waals surface area contributed by atoms with E-state index in [9.17, 15) is 10.0 Å². The second-order valence-corrected chi connectivity index (χ2v) is 3.35. The second-order valence-electron chi connectivity index (χ2n) is 3.35. The van der Waals surface area contributed by atoms with Gasteiger partial charge in [-0.25, -0.2) is 0 Å². The molecule has 1 unspecified atom stereocenters. The number of hydrogen-bond acceptors (Lipinski definition) is 3. The molecule has 1 heterocycles. The Kier molecular flexibility index (Phi) is 2.11. The van der Waals surface area contributed by atoms with Crippen LogP contribution in [0, 0.1) is 5.21 Å². The van der Waals surface area contributed by atoms with Gasteiger partial charge in [-0.3, -0.25) is 4.79 Å². The van der Waals surface area contributed by atoms with E-state index in [0.29, 0.717) is 18.5 Å². The highest BCUT2D eigenvalue weighted by molar-refractivity contribution is 5.79. The molecule has 0 spiro atoms. The normalized spacial score (nSPS) is 19.1. The van der Waals surface area contributed by atoms with Gasteiger partial charge in [0.2, 0.25) is 0 Å². The van der Waals surface area contributed by atoms with Crippen molar-refractivity contribution in [1.29, 1.82) is 0 Å². The molecule has 2 rings (SSSR count). The molecule has 1 aliphatic rings. The summed E-state index contributed by atoms with van der Waals surface area (Å²) in [5.74, 6) is -0.508. The quantitative estimate of drug-likeness (QED) is 0.371. The minimum atomic E-state index is -0.255. The molecule has 0 radical (unpaired) electrons. The zero-order chi connectivity index (χ0) is 10.1. The molecule has 0 amide bonds. The number of ether oxygens (including phenoxy) is 1. The Morgan fingerprint density at radius 2 is 2.50 bits per heavy atom. The summed E-state index contributed by atoms with van der Waals surface area (Å²) in [6.07, 6.45) is 2.78. The molecule has 0 N–H and O–H groups in total. The summed E-state index contributed by atoms with van der Waals surface area (Å²) in [5.41, 5.74) is 1.51. The summed E-state index contributed by atoms with van der Waals surface area (Å²) in [6, 6.07) is 3.48. The Labute approximate surface area is 81.7 Å². The monoisotopic (exact) mass is 193 g/mol. The van der Waals surface area contributed by atoms with Crippen LogP contribution < -0.4 is 4.73 Å². The lowest BCUT2D eigenvalue weighted by molar-refractivity contribution is -0.613. The van der Waals surface area contributed by atoms with Crippen molar-refractivity contribution in [3.63, 3.8) is 0 Å². The van der Waals surface area contributed by atoms with Gasteiger partial charge in [-0.1, -0.05) is 0 Å². The maximum atomic E-state index is 11.4. The third kappa shape index (κ3) is 1.23. The average molecular weight is 193 g/mol. The third-order valence-corrected chi connectivity index (χ3v) is 2.63. The summed E-state index contributed by atoms with van der Waals surface area (Å²) >= 11 is 0. The van der Waals surface area contributed by atoms with Gasteiger partial charge in [0.25, 0.3) is 0 Å². The molecule has 0 saturated carbocycles. The fraction of sp³-hybridized carbons (Fsp3) is 0.400. The van der Waals surface area contributed by atoms with Crippen LogP contribution in [0.4, 0.5) is 0 Å². The van der Waals surface area contributed by atoms with Gasteiger partial charge >= 0.3 is 5.97 Å². The smallest absolute Gasteiger partial charge is 0.313 e. The zero-order valence-corrected chi connectivity index (χ0v) is 7.90. The highest BCUT2D eigenvalue weighted by Gasteiger charge is 2.34. The van der Waals surface area contributed by atoms with Gasteiger partial charge in [-0.2, -0.15) is 4.73 Å². The molecular formula is C10H11NO3. The minimum absolute atomic E-state index is 0.253. The molecule has 1 aliphatic carbocycles. The Morgan fingerprint density at radius 3 is 3.21 bits per heavy atom. The number of esters is 1. The van der Waals surface area contributed by atoms with Crippen LogP contribution in [0.2, 0.25) is 0 Å². The highest BCUT2D eigenvalue weighted by atomic mass is 16.5. The van der Waals surface area contributed by atoms with Gasteiger partial charge in [-0.15, -0.1) is 0 Å². The van der Waals surface area contributed by atoms with Crippen LogP contribution in [0.1, 0.15) is 23.6 Å². The maximum absolute atomic E-state index is 11.4. The van der Waals surface area contributed by atoms with Gasteiger partial charge in [0.05, 0.1) is 13.0 Å². The van der Waals surface area contributed by atoms with E-state index in [1.54, 1.807) is 6.07 Å². The molecule has 0 bridgehead atoms. The fourth-order valence-electron chi connectivity index (χ4n) is 1.93. The summed E-state index contributed by atoms with van der Waals surface area (Å²) in [4.78, 5) is 11.4. The predicted octanol–water partition coefficient (Wildman–Crippen LogP) is 0.523. The Hall–Kier alpha value is -1.58. The molecule has 1 atom stereocenters. The molecule has 0 aromatic carbocycles. The lowest BCUT2D eigenvalue weighted by Crippen LogP contribution is -2.31. The molecule has 14 heavy (non-hydrogen) atoms. The summed E-state index contributed by atoms with van der Waals surface area (Å²) in [6.45, 7) is 0. The lowest BCUT2D eigenvalue weighted by Gasteiger charge is -2.07. The van der Waals surface area contributed by atoms with Crippen LogP contribution in [0.3, 0.4) is 0 Å². The van der Waals surface area contributed by atoms with Gasteiger partial charge in [0, 0.05) is 18.1 Å². The van der Waals surface area contributed by atoms with Crippen LogP contribution in [0.5, 0.6) is 0 Å². The van der Waals surface area contributed by atoms with Crippen molar-refractivity contribution < 1.29 is 14.3 Å². The van der Waals surface area contributed by atoms with Crippen LogP contribution in [-0.2, 0) is 16.0 Å². The van der Waals surface area contributed by atoms with E-state index < -0.39 is 0 Å². The van der Waals surface area contributed by atoms with E-state index in [2.05, 4.69) is 4.74 Å². The van der Waals surface area contributed by atoms with Gasteiger partial charge in [-0.05, 0) is 12.5 Å². The molecule has 74 valence electrons. The highest BCUT2D eigenvalue weighted by Crippen LogP contribution is 2.31. The fourth-order valence-corrected chi connectivity index (χ4v) is 1.93.